The highest BCUT2D eigenvalue weighted by Crippen LogP contribution is 2.12. The summed E-state index contributed by atoms with van der Waals surface area (Å²) < 4.78 is 0. The van der Waals surface area contributed by atoms with Gasteiger partial charge in [0.1, 0.15) is 5.84 Å². The second-order valence-corrected chi connectivity index (χ2v) is 2.79. The SMILES string of the molecule is CCC1=NC(C)(C)C=N1. The van der Waals surface area contributed by atoms with Gasteiger partial charge in [-0.15, -0.1) is 0 Å². The second-order valence-electron chi connectivity index (χ2n) is 2.79. The van der Waals surface area contributed by atoms with Crippen LogP contribution in [0.15, 0.2) is 9.98 Å². The molecule has 0 N–H and O–H groups in total. The summed E-state index contributed by atoms with van der Waals surface area (Å²) in [6.07, 6.45) is 2.84. The summed E-state index contributed by atoms with van der Waals surface area (Å²) in [6, 6.07) is 0. The fraction of sp³-hybridized carbons (Fsp3) is 0.714. The Balaban J connectivity index is 2.74. The van der Waals surface area contributed by atoms with E-state index in [1.807, 2.05) is 6.21 Å². The van der Waals surface area contributed by atoms with Crippen molar-refractivity contribution in [2.75, 3.05) is 0 Å². The van der Waals surface area contributed by atoms with Crippen molar-refractivity contribution in [3.8, 4) is 0 Å². The van der Waals surface area contributed by atoms with Crippen LogP contribution in [-0.2, 0) is 0 Å². The maximum atomic E-state index is 4.33. The number of amidine groups is 1. The van der Waals surface area contributed by atoms with Crippen LogP contribution < -0.4 is 0 Å². The minimum Gasteiger partial charge on any atom is -0.259 e. The Kier molecular flexibility index (Phi) is 1.39. The van der Waals surface area contributed by atoms with E-state index in [1.54, 1.807) is 0 Å². The Morgan fingerprint density at radius 3 is 2.44 bits per heavy atom. The lowest BCUT2D eigenvalue weighted by molar-refractivity contribution is 0.729. The van der Waals surface area contributed by atoms with E-state index in [9.17, 15) is 0 Å². The van der Waals surface area contributed by atoms with Crippen molar-refractivity contribution in [3.63, 3.8) is 0 Å². The van der Waals surface area contributed by atoms with E-state index >= 15 is 0 Å². The number of nitrogens with zero attached hydrogens (tertiary/aromatic N) is 2. The van der Waals surface area contributed by atoms with Crippen LogP contribution >= 0.6 is 0 Å². The predicted molar refractivity (Wildman–Crippen MR) is 40.3 cm³/mol. The van der Waals surface area contributed by atoms with E-state index in [0.717, 1.165) is 12.3 Å². The van der Waals surface area contributed by atoms with Crippen molar-refractivity contribution in [1.29, 1.82) is 0 Å². The molecule has 0 atom stereocenters. The summed E-state index contributed by atoms with van der Waals surface area (Å²) in [5.41, 5.74) is -0.0364. The zero-order valence-corrected chi connectivity index (χ0v) is 6.18. The van der Waals surface area contributed by atoms with E-state index < -0.39 is 0 Å². The Hall–Kier alpha value is -0.660. The standard InChI is InChI=1S/C7H12N2/c1-4-6-8-5-7(2,3)9-6/h5H,4H2,1-3H3. The van der Waals surface area contributed by atoms with E-state index in [0.29, 0.717) is 0 Å². The molecule has 0 aromatic heterocycles. The normalized spacial score (nSPS) is 22.3. The van der Waals surface area contributed by atoms with Crippen molar-refractivity contribution >= 4 is 12.1 Å². The van der Waals surface area contributed by atoms with E-state index in [2.05, 4.69) is 30.8 Å². The maximum Gasteiger partial charge on any atom is 0.123 e. The van der Waals surface area contributed by atoms with Crippen molar-refractivity contribution < 1.29 is 0 Å². The molecule has 0 aromatic carbocycles. The molecule has 0 spiro atoms. The molecule has 1 aliphatic rings. The lowest BCUT2D eigenvalue weighted by Gasteiger charge is -2.05. The molecule has 2 nitrogen and oxygen atoms in total. The molecular weight excluding hydrogens is 112 g/mol. The molecule has 2 heteroatoms. The lowest BCUT2D eigenvalue weighted by Crippen LogP contribution is -2.14. The Morgan fingerprint density at radius 1 is 1.56 bits per heavy atom. The molecular formula is C7H12N2. The van der Waals surface area contributed by atoms with Crippen LogP contribution in [0.4, 0.5) is 0 Å². The molecule has 0 amide bonds. The minimum absolute atomic E-state index is 0.0364. The van der Waals surface area contributed by atoms with Gasteiger partial charge in [-0.3, -0.25) is 4.99 Å². The number of hydrogen-bond acceptors (Lipinski definition) is 2. The Morgan fingerprint density at radius 2 is 2.22 bits per heavy atom. The third-order valence-electron chi connectivity index (χ3n) is 1.26. The predicted octanol–water partition coefficient (Wildman–Crippen LogP) is 1.66. The average molecular weight is 124 g/mol. The fourth-order valence-electron chi connectivity index (χ4n) is 0.793. The highest BCUT2D eigenvalue weighted by Gasteiger charge is 2.18. The lowest BCUT2D eigenvalue weighted by atomic mass is 10.1. The number of rotatable bonds is 1. The fourth-order valence-corrected chi connectivity index (χ4v) is 0.793. The monoisotopic (exact) mass is 124 g/mol. The van der Waals surface area contributed by atoms with Crippen LogP contribution in [0.1, 0.15) is 27.2 Å². The molecule has 9 heavy (non-hydrogen) atoms. The Bertz CT molecular complexity index is 166. The zero-order chi connectivity index (χ0) is 6.91. The third-order valence-corrected chi connectivity index (χ3v) is 1.26. The highest BCUT2D eigenvalue weighted by atomic mass is 15.0. The van der Waals surface area contributed by atoms with Crippen molar-refractivity contribution in [2.24, 2.45) is 9.98 Å². The van der Waals surface area contributed by atoms with Crippen LogP contribution in [0, 0.1) is 0 Å². The summed E-state index contributed by atoms with van der Waals surface area (Å²) in [7, 11) is 0. The molecule has 50 valence electrons. The molecule has 0 bridgehead atoms. The van der Waals surface area contributed by atoms with Crippen LogP contribution in [0.3, 0.4) is 0 Å². The van der Waals surface area contributed by atoms with Gasteiger partial charge in [0.25, 0.3) is 0 Å². The van der Waals surface area contributed by atoms with Crippen molar-refractivity contribution in [2.45, 2.75) is 32.7 Å². The van der Waals surface area contributed by atoms with Gasteiger partial charge in [0, 0.05) is 12.6 Å². The van der Waals surface area contributed by atoms with E-state index in [-0.39, 0.29) is 5.54 Å². The molecule has 0 aliphatic carbocycles. The largest absolute Gasteiger partial charge is 0.259 e. The van der Waals surface area contributed by atoms with Gasteiger partial charge in [-0.05, 0) is 13.8 Å². The second kappa shape index (κ2) is 1.94. The molecule has 0 unspecified atom stereocenters. The summed E-state index contributed by atoms with van der Waals surface area (Å²) in [5.74, 6) is 0.972. The van der Waals surface area contributed by atoms with Gasteiger partial charge in [0.05, 0.1) is 5.54 Å². The van der Waals surface area contributed by atoms with Gasteiger partial charge in [0.2, 0.25) is 0 Å². The van der Waals surface area contributed by atoms with Crippen molar-refractivity contribution in [1.82, 2.24) is 0 Å². The molecule has 0 saturated heterocycles. The molecule has 1 aliphatic heterocycles. The smallest absolute Gasteiger partial charge is 0.123 e. The number of hydrogen-bond donors (Lipinski definition) is 0. The minimum atomic E-state index is -0.0364. The summed E-state index contributed by atoms with van der Waals surface area (Å²) in [6.45, 7) is 6.18. The molecule has 0 radical (unpaired) electrons. The zero-order valence-electron chi connectivity index (χ0n) is 6.18. The van der Waals surface area contributed by atoms with E-state index in [4.69, 9.17) is 0 Å². The van der Waals surface area contributed by atoms with E-state index in [1.165, 1.54) is 0 Å². The highest BCUT2D eigenvalue weighted by molar-refractivity contribution is 5.97. The van der Waals surface area contributed by atoms with Crippen molar-refractivity contribution in [3.05, 3.63) is 0 Å². The molecule has 0 fully saturated rings. The third kappa shape index (κ3) is 1.37. The first kappa shape index (κ1) is 6.46. The Labute approximate surface area is 55.7 Å². The number of aliphatic imine (C=N–C) groups is 2. The topological polar surface area (TPSA) is 24.7 Å². The first-order valence-corrected chi connectivity index (χ1v) is 3.28. The first-order valence-electron chi connectivity index (χ1n) is 3.28. The molecule has 0 saturated carbocycles. The van der Waals surface area contributed by atoms with Gasteiger partial charge in [-0.25, -0.2) is 4.99 Å². The molecule has 1 heterocycles. The van der Waals surface area contributed by atoms with Crippen LogP contribution in [0.2, 0.25) is 0 Å². The quantitative estimate of drug-likeness (QED) is 0.508. The molecule has 0 aromatic rings. The summed E-state index contributed by atoms with van der Waals surface area (Å²) in [5, 5.41) is 0. The average Bonchev–Trinajstić information content (AvgIpc) is 2.10. The summed E-state index contributed by atoms with van der Waals surface area (Å²) in [4.78, 5) is 8.47. The summed E-state index contributed by atoms with van der Waals surface area (Å²) >= 11 is 0. The van der Waals surface area contributed by atoms with Crippen LogP contribution in [-0.4, -0.2) is 17.6 Å². The molecule has 1 rings (SSSR count). The van der Waals surface area contributed by atoms with Crippen LogP contribution in [0.25, 0.3) is 0 Å². The van der Waals surface area contributed by atoms with Gasteiger partial charge in [-0.2, -0.15) is 0 Å². The van der Waals surface area contributed by atoms with Crippen LogP contribution in [0.5, 0.6) is 0 Å². The van der Waals surface area contributed by atoms with Gasteiger partial charge in [-0.1, -0.05) is 6.92 Å². The van der Waals surface area contributed by atoms with Gasteiger partial charge < -0.3 is 0 Å². The maximum absolute atomic E-state index is 4.33. The first-order chi connectivity index (χ1) is 4.14. The van der Waals surface area contributed by atoms with Gasteiger partial charge in [0.15, 0.2) is 0 Å². The van der Waals surface area contributed by atoms with Gasteiger partial charge >= 0.3 is 0 Å².